The van der Waals surface area contributed by atoms with E-state index >= 15 is 0 Å². The molecule has 1 heterocycles. The summed E-state index contributed by atoms with van der Waals surface area (Å²) in [6.45, 7) is 10.1. The minimum Gasteiger partial charge on any atom is -0.387 e. The SMILES string of the molecule is C[Si](C)OC(O)(c1cccc(C2CC2c2nc3cc(F)ccc3s2)c1)C(C)(C)C. The van der Waals surface area contributed by atoms with Gasteiger partial charge in [-0.25, -0.2) is 9.37 Å². The molecule has 4 rings (SSSR count). The van der Waals surface area contributed by atoms with Crippen LogP contribution < -0.4 is 0 Å². The Hall–Kier alpha value is -1.60. The predicted octanol–water partition coefficient (Wildman–Crippen LogP) is 6.17. The molecular weight excluding hydrogens is 401 g/mol. The lowest BCUT2D eigenvalue weighted by Crippen LogP contribution is -2.45. The highest BCUT2D eigenvalue weighted by atomic mass is 32.1. The van der Waals surface area contributed by atoms with E-state index in [1.807, 2.05) is 46.0 Å². The number of nitrogens with zero attached hydrogens (tertiary/aromatic N) is 1. The van der Waals surface area contributed by atoms with Gasteiger partial charge < -0.3 is 9.53 Å². The minimum absolute atomic E-state index is 0.247. The Morgan fingerprint density at radius 2 is 1.90 bits per heavy atom. The molecule has 2 aromatic carbocycles. The first-order chi connectivity index (χ1) is 13.6. The van der Waals surface area contributed by atoms with E-state index in [4.69, 9.17) is 4.43 Å². The Labute approximate surface area is 177 Å². The van der Waals surface area contributed by atoms with Gasteiger partial charge in [-0.15, -0.1) is 11.3 Å². The molecule has 3 atom stereocenters. The van der Waals surface area contributed by atoms with Gasteiger partial charge >= 0.3 is 0 Å². The molecule has 1 aliphatic rings. The number of aromatic nitrogens is 1. The summed E-state index contributed by atoms with van der Waals surface area (Å²) >= 11 is 1.65. The molecule has 1 aromatic heterocycles. The molecule has 153 valence electrons. The molecule has 6 heteroatoms. The first kappa shape index (κ1) is 20.7. The Morgan fingerprint density at radius 3 is 2.59 bits per heavy atom. The molecule has 1 radical (unpaired) electrons. The molecule has 3 unspecified atom stereocenters. The molecule has 1 fully saturated rings. The molecule has 1 N–H and O–H groups in total. The van der Waals surface area contributed by atoms with Crippen molar-refractivity contribution in [2.75, 3.05) is 0 Å². The quantitative estimate of drug-likeness (QED) is 0.390. The summed E-state index contributed by atoms with van der Waals surface area (Å²) in [7, 11) is -1.10. The van der Waals surface area contributed by atoms with Crippen LogP contribution in [0.4, 0.5) is 4.39 Å². The van der Waals surface area contributed by atoms with Crippen LogP contribution in [-0.4, -0.2) is 19.1 Å². The summed E-state index contributed by atoms with van der Waals surface area (Å²) in [6, 6.07) is 13.0. The van der Waals surface area contributed by atoms with Gasteiger partial charge in [0.15, 0.2) is 5.79 Å². The summed E-state index contributed by atoms with van der Waals surface area (Å²) in [4.78, 5) is 4.67. The molecule has 0 spiro atoms. The Bertz CT molecular complexity index is 1040. The maximum atomic E-state index is 13.5. The van der Waals surface area contributed by atoms with E-state index in [2.05, 4.69) is 17.1 Å². The zero-order valence-electron chi connectivity index (χ0n) is 17.5. The van der Waals surface area contributed by atoms with Crippen molar-refractivity contribution in [1.29, 1.82) is 0 Å². The van der Waals surface area contributed by atoms with Crippen LogP contribution in [0.3, 0.4) is 0 Å². The maximum absolute atomic E-state index is 13.5. The number of fused-ring (bicyclic) bond motifs is 1. The molecular formula is C23H27FNO2SSi. The maximum Gasteiger partial charge on any atom is 0.209 e. The summed E-state index contributed by atoms with van der Waals surface area (Å²) in [5.74, 6) is -0.842. The molecule has 0 saturated heterocycles. The van der Waals surface area contributed by atoms with Crippen LogP contribution in [0.1, 0.15) is 55.2 Å². The first-order valence-corrected chi connectivity index (χ1v) is 13.2. The number of benzene rings is 2. The van der Waals surface area contributed by atoms with Gasteiger partial charge in [0.05, 0.1) is 15.2 Å². The second-order valence-corrected chi connectivity index (χ2v) is 12.2. The Balaban J connectivity index is 1.62. The van der Waals surface area contributed by atoms with Crippen molar-refractivity contribution < 1.29 is 13.9 Å². The summed E-state index contributed by atoms with van der Waals surface area (Å²) in [6.07, 6.45) is 1.02. The van der Waals surface area contributed by atoms with Crippen LogP contribution in [0.15, 0.2) is 42.5 Å². The lowest BCUT2D eigenvalue weighted by atomic mass is 9.80. The lowest BCUT2D eigenvalue weighted by molar-refractivity contribution is -0.220. The number of aliphatic hydroxyl groups is 1. The van der Waals surface area contributed by atoms with Crippen molar-refractivity contribution in [2.24, 2.45) is 5.41 Å². The monoisotopic (exact) mass is 428 g/mol. The van der Waals surface area contributed by atoms with E-state index < -0.39 is 20.2 Å². The smallest absolute Gasteiger partial charge is 0.209 e. The number of thiazole rings is 1. The third-order valence-corrected chi connectivity index (χ3v) is 7.42. The molecule has 29 heavy (non-hydrogen) atoms. The second kappa shape index (κ2) is 7.27. The van der Waals surface area contributed by atoms with E-state index in [1.165, 1.54) is 17.7 Å². The van der Waals surface area contributed by atoms with Gasteiger partial charge in [-0.1, -0.05) is 45.0 Å². The van der Waals surface area contributed by atoms with E-state index in [0.717, 1.165) is 27.2 Å². The van der Waals surface area contributed by atoms with Crippen molar-refractivity contribution in [2.45, 2.75) is 57.9 Å². The zero-order valence-corrected chi connectivity index (χ0v) is 19.3. The minimum atomic E-state index is -1.32. The van der Waals surface area contributed by atoms with Gasteiger partial charge in [-0.05, 0) is 43.1 Å². The van der Waals surface area contributed by atoms with E-state index in [1.54, 1.807) is 17.4 Å². The van der Waals surface area contributed by atoms with Crippen molar-refractivity contribution in [3.05, 3.63) is 64.4 Å². The highest BCUT2D eigenvalue weighted by Gasteiger charge is 2.46. The van der Waals surface area contributed by atoms with Crippen molar-refractivity contribution in [3.8, 4) is 0 Å². The number of halogens is 1. The average molecular weight is 429 g/mol. The summed E-state index contributed by atoms with van der Waals surface area (Å²) in [5.41, 5.74) is 2.30. The van der Waals surface area contributed by atoms with Crippen molar-refractivity contribution in [3.63, 3.8) is 0 Å². The molecule has 0 amide bonds. The normalized spacial score (nSPS) is 21.5. The predicted molar refractivity (Wildman–Crippen MR) is 118 cm³/mol. The third kappa shape index (κ3) is 3.91. The van der Waals surface area contributed by atoms with Crippen LogP contribution in [0, 0.1) is 11.2 Å². The topological polar surface area (TPSA) is 42.4 Å². The molecule has 0 aliphatic heterocycles. The van der Waals surface area contributed by atoms with Crippen LogP contribution >= 0.6 is 11.3 Å². The van der Waals surface area contributed by atoms with Gasteiger partial charge in [0.2, 0.25) is 9.04 Å². The largest absolute Gasteiger partial charge is 0.387 e. The van der Waals surface area contributed by atoms with Crippen LogP contribution in [0.5, 0.6) is 0 Å². The molecule has 3 aromatic rings. The average Bonchev–Trinajstić information content (AvgIpc) is 3.33. The fourth-order valence-electron chi connectivity index (χ4n) is 3.83. The van der Waals surface area contributed by atoms with Gasteiger partial charge in [-0.2, -0.15) is 0 Å². The fraction of sp³-hybridized carbons (Fsp3) is 0.435. The van der Waals surface area contributed by atoms with Gasteiger partial charge in [0.25, 0.3) is 0 Å². The van der Waals surface area contributed by atoms with Crippen LogP contribution in [0.25, 0.3) is 10.2 Å². The zero-order chi connectivity index (χ0) is 21.0. The highest BCUT2D eigenvalue weighted by Crippen LogP contribution is 2.56. The molecule has 1 saturated carbocycles. The van der Waals surface area contributed by atoms with Crippen molar-refractivity contribution in [1.82, 2.24) is 4.98 Å². The van der Waals surface area contributed by atoms with E-state index in [0.29, 0.717) is 11.8 Å². The lowest BCUT2D eigenvalue weighted by Gasteiger charge is -2.41. The van der Waals surface area contributed by atoms with E-state index in [-0.39, 0.29) is 5.82 Å². The number of hydrogen-bond acceptors (Lipinski definition) is 4. The Morgan fingerprint density at radius 1 is 1.14 bits per heavy atom. The Kier molecular flexibility index (Phi) is 5.18. The number of rotatable bonds is 5. The third-order valence-electron chi connectivity index (χ3n) is 5.55. The number of hydrogen-bond donors (Lipinski definition) is 1. The van der Waals surface area contributed by atoms with E-state index in [9.17, 15) is 9.50 Å². The summed E-state index contributed by atoms with van der Waals surface area (Å²) < 4.78 is 20.6. The first-order valence-electron chi connectivity index (χ1n) is 9.96. The molecule has 3 nitrogen and oxygen atoms in total. The van der Waals surface area contributed by atoms with Gasteiger partial charge in [0, 0.05) is 23.0 Å². The van der Waals surface area contributed by atoms with Gasteiger partial charge in [-0.3, -0.25) is 0 Å². The summed E-state index contributed by atoms with van der Waals surface area (Å²) in [5, 5.41) is 12.5. The second-order valence-electron chi connectivity index (χ2n) is 9.14. The standard InChI is InChI=1S/C23H27FNO2SSi/c1-22(2,3)23(26,27-29(4)5)15-8-6-7-14(11-15)17-13-18(17)21-25-19-12-16(24)9-10-20(19)28-21/h6-12,17-18,26H,13H2,1-5H3. The van der Waals surface area contributed by atoms with Gasteiger partial charge in [0.1, 0.15) is 5.82 Å². The molecule has 0 bridgehead atoms. The van der Waals surface area contributed by atoms with Crippen LogP contribution in [-0.2, 0) is 10.2 Å². The highest BCUT2D eigenvalue weighted by molar-refractivity contribution is 7.18. The molecule has 1 aliphatic carbocycles. The fourth-order valence-corrected chi connectivity index (χ4v) is 5.98. The van der Waals surface area contributed by atoms with Crippen molar-refractivity contribution >= 4 is 30.6 Å². The van der Waals surface area contributed by atoms with Crippen LogP contribution in [0.2, 0.25) is 13.1 Å².